The van der Waals surface area contributed by atoms with Crippen molar-refractivity contribution in [2.75, 3.05) is 0 Å². The van der Waals surface area contributed by atoms with Gasteiger partial charge in [-0.2, -0.15) is 0 Å². The summed E-state index contributed by atoms with van der Waals surface area (Å²) in [6, 6.07) is 0. The van der Waals surface area contributed by atoms with Crippen LogP contribution in [0.2, 0.25) is 0 Å². The van der Waals surface area contributed by atoms with Crippen molar-refractivity contribution in [2.45, 2.75) is 0 Å². The van der Waals surface area contributed by atoms with Gasteiger partial charge in [0.2, 0.25) is 0 Å². The van der Waals surface area contributed by atoms with Gasteiger partial charge in [0.15, 0.2) is 0 Å². The zero-order valence-electron chi connectivity index (χ0n) is 10.8. The molecule has 0 amide bonds. The van der Waals surface area contributed by atoms with Gasteiger partial charge in [-0.1, -0.05) is 19.7 Å². The van der Waals surface area contributed by atoms with Crippen LogP contribution in [0.5, 0.6) is 0 Å². The molecule has 9 nitrogen and oxygen atoms in total. The molecule has 0 rings (SSSR count). The molecule has 138 valence electrons. The summed E-state index contributed by atoms with van der Waals surface area (Å²) >= 11 is 0. The molecule has 0 aromatic heterocycles. The van der Waals surface area contributed by atoms with Gasteiger partial charge in [0.1, 0.15) is 0 Å². The maximum Gasteiger partial charge on any atom is 0.631 e. The first-order valence-corrected chi connectivity index (χ1v) is 4.15. The fraction of sp³-hybridized carbons (Fsp3) is 0. The Hall–Kier alpha value is -0.945. The summed E-state index contributed by atoms with van der Waals surface area (Å²) in [7, 11) is -2.17. The number of hydrogen-bond acceptors (Lipinski definition) is 6. The molecule has 0 aromatic rings. The van der Waals surface area contributed by atoms with Crippen LogP contribution in [0.15, 0.2) is 38.0 Å². The summed E-state index contributed by atoms with van der Waals surface area (Å²) in [5.74, 6) is -2.94. The SMILES string of the molecule is C=CC(=O)O.C=CC(=O)O.C=CC(=O)O.OB(O)O.[Ni].[Ni].[Ni]. The van der Waals surface area contributed by atoms with E-state index in [2.05, 4.69) is 19.7 Å². The number of carbonyl (C=O) groups is 3. The second-order valence-electron chi connectivity index (χ2n) is 1.97. The first-order chi connectivity index (χ1) is 8.54. The summed E-state index contributed by atoms with van der Waals surface area (Å²) in [6.45, 7) is 8.88. The predicted octanol–water partition coefficient (Wildman–Crippen LogP) is -1.29. The fourth-order valence-corrected chi connectivity index (χ4v) is 0. The number of carboxylic acid groups (broad SMARTS) is 3. The standard InChI is InChI=1S/3C3H4O2.BH3O3.3Ni/c3*1-2-3(4)5;2-1(3)4;;;/h3*2H,1H2,(H,4,5);2-4H;;;. The van der Waals surface area contributed by atoms with E-state index in [1.165, 1.54) is 0 Å². The minimum Gasteiger partial charge on any atom is -0.478 e. The Labute approximate surface area is 157 Å². The Morgan fingerprint density at radius 3 is 0.682 bits per heavy atom. The van der Waals surface area contributed by atoms with Gasteiger partial charge in [0.25, 0.3) is 0 Å². The van der Waals surface area contributed by atoms with Gasteiger partial charge < -0.3 is 30.4 Å². The van der Waals surface area contributed by atoms with E-state index in [0.717, 1.165) is 18.2 Å². The molecule has 0 saturated heterocycles. The quantitative estimate of drug-likeness (QED) is 0.224. The topological polar surface area (TPSA) is 173 Å². The number of hydrogen-bond donors (Lipinski definition) is 6. The van der Waals surface area contributed by atoms with Crippen molar-refractivity contribution in [3.05, 3.63) is 38.0 Å². The third kappa shape index (κ3) is 243. The molecule has 0 aromatic carbocycles. The average Bonchev–Trinajstić information content (AvgIpc) is 2.29. The maximum atomic E-state index is 9.25. The Balaban J connectivity index is -0.0000000262. The molecule has 13 heteroatoms. The Morgan fingerprint density at radius 1 is 0.636 bits per heavy atom. The predicted molar refractivity (Wildman–Crippen MR) is 65.9 cm³/mol. The molecule has 0 radical (unpaired) electrons. The molecule has 22 heavy (non-hydrogen) atoms. The average molecular weight is 454 g/mol. The molecule has 0 spiro atoms. The van der Waals surface area contributed by atoms with Crippen LogP contribution in [0.4, 0.5) is 0 Å². The Kier molecular flexibility index (Phi) is 71.8. The second kappa shape index (κ2) is 36.9. The van der Waals surface area contributed by atoms with Crippen molar-refractivity contribution in [1.82, 2.24) is 0 Å². The van der Waals surface area contributed by atoms with Crippen LogP contribution < -0.4 is 0 Å². The molecule has 0 bridgehead atoms. The van der Waals surface area contributed by atoms with Crippen molar-refractivity contribution in [3.8, 4) is 0 Å². The van der Waals surface area contributed by atoms with Crippen LogP contribution in [0.3, 0.4) is 0 Å². The first kappa shape index (κ1) is 42.9. The Bertz CT molecular complexity index is 265. The third-order valence-corrected chi connectivity index (χ3v) is 0.524. The normalized spacial score (nSPS) is 5.59. The molecule has 0 aliphatic heterocycles. The minimum atomic E-state index is -2.17. The number of carboxylic acids is 3. The van der Waals surface area contributed by atoms with Crippen molar-refractivity contribution in [1.29, 1.82) is 0 Å². The molecule has 6 N–H and O–H groups in total. The van der Waals surface area contributed by atoms with Crippen molar-refractivity contribution >= 4 is 25.2 Å². The zero-order valence-corrected chi connectivity index (χ0v) is 13.8. The molecule has 0 aliphatic carbocycles. The van der Waals surface area contributed by atoms with Crippen LogP contribution in [-0.2, 0) is 63.9 Å². The van der Waals surface area contributed by atoms with E-state index in [1.54, 1.807) is 0 Å². The van der Waals surface area contributed by atoms with Gasteiger partial charge in [-0.25, -0.2) is 14.4 Å². The van der Waals surface area contributed by atoms with Crippen LogP contribution >= 0.6 is 0 Å². The molecule has 0 unspecified atom stereocenters. The van der Waals surface area contributed by atoms with Crippen LogP contribution in [0, 0.1) is 0 Å². The van der Waals surface area contributed by atoms with Gasteiger partial charge in [-0.15, -0.1) is 0 Å². The fourth-order valence-electron chi connectivity index (χ4n) is 0. The van der Waals surface area contributed by atoms with E-state index < -0.39 is 25.2 Å². The largest absolute Gasteiger partial charge is 0.631 e. The summed E-state index contributed by atoms with van der Waals surface area (Å²) in [4.78, 5) is 27.8. The summed E-state index contributed by atoms with van der Waals surface area (Å²) < 4.78 is 0. The molecule has 0 heterocycles. The smallest absolute Gasteiger partial charge is 0.478 e. The first-order valence-electron chi connectivity index (χ1n) is 4.15. The number of rotatable bonds is 3. The van der Waals surface area contributed by atoms with E-state index >= 15 is 0 Å². The van der Waals surface area contributed by atoms with E-state index in [9.17, 15) is 14.4 Å². The third-order valence-electron chi connectivity index (χ3n) is 0.524. The van der Waals surface area contributed by atoms with E-state index in [4.69, 9.17) is 30.4 Å². The minimum absolute atomic E-state index is 0. The van der Waals surface area contributed by atoms with E-state index in [-0.39, 0.29) is 49.5 Å². The van der Waals surface area contributed by atoms with Crippen molar-refractivity contribution in [3.63, 3.8) is 0 Å². The summed E-state index contributed by atoms with van der Waals surface area (Å²) in [5.41, 5.74) is 0. The number of aliphatic carboxylic acids is 3. The van der Waals surface area contributed by atoms with Crippen molar-refractivity contribution in [2.24, 2.45) is 0 Å². The van der Waals surface area contributed by atoms with Gasteiger partial charge in [-0.05, 0) is 0 Å². The molecule has 0 atom stereocenters. The van der Waals surface area contributed by atoms with E-state index in [1.807, 2.05) is 0 Å². The summed E-state index contributed by atoms with van der Waals surface area (Å²) in [6.07, 6.45) is 2.50. The van der Waals surface area contributed by atoms with Gasteiger partial charge in [0, 0.05) is 67.7 Å². The second-order valence-corrected chi connectivity index (χ2v) is 1.97. The van der Waals surface area contributed by atoms with Crippen LogP contribution in [0.25, 0.3) is 0 Å². The van der Waals surface area contributed by atoms with Crippen LogP contribution in [-0.4, -0.2) is 55.6 Å². The molecular formula is C9H15BNi3O9. The molecular weight excluding hydrogens is 439 g/mol. The monoisotopic (exact) mass is 452 g/mol. The molecule has 0 aliphatic rings. The van der Waals surface area contributed by atoms with Gasteiger partial charge in [0.05, 0.1) is 0 Å². The zero-order chi connectivity index (χ0) is 16.4. The Morgan fingerprint density at radius 2 is 0.682 bits per heavy atom. The van der Waals surface area contributed by atoms with E-state index in [0.29, 0.717) is 0 Å². The maximum absolute atomic E-state index is 9.25. The van der Waals surface area contributed by atoms with Gasteiger partial charge >= 0.3 is 25.2 Å². The van der Waals surface area contributed by atoms with Crippen molar-refractivity contribution < 1.29 is 94.2 Å². The van der Waals surface area contributed by atoms with Gasteiger partial charge in [-0.3, -0.25) is 0 Å². The summed E-state index contributed by atoms with van der Waals surface area (Å²) in [5, 5.41) is 44.3. The molecule has 0 fully saturated rings. The molecule has 0 saturated carbocycles. The van der Waals surface area contributed by atoms with Crippen LogP contribution in [0.1, 0.15) is 0 Å².